The minimum atomic E-state index is -4.77. The minimum Gasteiger partial charge on any atom is -0.305 e. The predicted octanol–water partition coefficient (Wildman–Crippen LogP) is 2.98. The molecule has 0 aliphatic heterocycles. The van der Waals surface area contributed by atoms with Gasteiger partial charge in [0.15, 0.2) is 0 Å². The fourth-order valence-corrected chi connectivity index (χ4v) is 5.64. The lowest BCUT2D eigenvalue weighted by Crippen LogP contribution is -2.34. The molecule has 116 valence electrons. The molecule has 8 heteroatoms. The molecule has 0 fully saturated rings. The summed E-state index contributed by atoms with van der Waals surface area (Å²) in [5.74, 6) is 1.46. The van der Waals surface area contributed by atoms with Crippen molar-refractivity contribution in [2.24, 2.45) is 0 Å². The van der Waals surface area contributed by atoms with Crippen LogP contribution in [0, 0.1) is 12.3 Å². The molecular weight excluding hydrogens is 318 g/mol. The maximum absolute atomic E-state index is 15.1. The van der Waals surface area contributed by atoms with Gasteiger partial charge in [0.2, 0.25) is 9.84 Å². The minimum absolute atomic E-state index is 0.213. The number of terminal acetylenes is 1. The van der Waals surface area contributed by atoms with Crippen LogP contribution in [0.5, 0.6) is 0 Å². The van der Waals surface area contributed by atoms with E-state index < -0.39 is 27.1 Å². The number of sulfone groups is 1. The highest BCUT2D eigenvalue weighted by Gasteiger charge is 2.61. The van der Waals surface area contributed by atoms with Gasteiger partial charge in [-0.15, -0.1) is 6.42 Å². The average molecular weight is 334 g/mol. The summed E-state index contributed by atoms with van der Waals surface area (Å²) in [6.45, 7) is 2.43. The Hall–Kier alpha value is -1.19. The molecule has 0 aliphatic rings. The molecule has 1 atom stereocenters. The van der Waals surface area contributed by atoms with E-state index >= 15 is 4.39 Å². The number of rotatable bonds is 7. The third-order valence-corrected chi connectivity index (χ3v) is 7.68. The van der Waals surface area contributed by atoms with E-state index in [0.717, 1.165) is 12.1 Å². The first-order valence-electron chi connectivity index (χ1n) is 6.14. The lowest BCUT2D eigenvalue weighted by molar-refractivity contribution is 0.191. The molecule has 0 saturated carbocycles. The van der Waals surface area contributed by atoms with Crippen LogP contribution in [0.15, 0.2) is 35.2 Å². The van der Waals surface area contributed by atoms with Gasteiger partial charge in [-0.05, 0) is 31.9 Å². The highest BCUT2D eigenvalue weighted by molar-refractivity contribution is 7.99. The monoisotopic (exact) mass is 334 g/mol. The Kier molecular flexibility index (Phi) is 5.71. The Morgan fingerprint density at radius 3 is 2.10 bits per heavy atom. The van der Waals surface area contributed by atoms with E-state index in [1.165, 1.54) is 31.9 Å². The fourth-order valence-electron chi connectivity index (χ4n) is 1.60. The topological polar surface area (TPSA) is 69.7 Å². The zero-order valence-electron chi connectivity index (χ0n) is 11.7. The van der Waals surface area contributed by atoms with Gasteiger partial charge in [0, 0.05) is 0 Å². The zero-order chi connectivity index (χ0) is 16.1. The quantitative estimate of drug-likeness (QED) is 0.566. The first-order chi connectivity index (χ1) is 9.79. The highest BCUT2D eigenvalue weighted by atomic mass is 32.2. The van der Waals surface area contributed by atoms with Crippen molar-refractivity contribution in [3.8, 4) is 12.3 Å². The van der Waals surface area contributed by atoms with Crippen molar-refractivity contribution >= 4 is 17.4 Å². The Bertz CT molecular complexity index is 658. The molecule has 0 spiro atoms. The van der Waals surface area contributed by atoms with E-state index in [4.69, 9.17) is 15.5 Å². The van der Waals surface area contributed by atoms with Gasteiger partial charge in [0.1, 0.15) is 0 Å². The van der Waals surface area contributed by atoms with E-state index in [-0.39, 0.29) is 13.2 Å². The van der Waals surface area contributed by atoms with Gasteiger partial charge < -0.3 is 9.05 Å². The zero-order valence-corrected chi connectivity index (χ0v) is 13.4. The molecule has 0 saturated heterocycles. The summed E-state index contributed by atoms with van der Waals surface area (Å²) < 4.78 is 58.4. The van der Waals surface area contributed by atoms with Gasteiger partial charge in [-0.1, -0.05) is 18.2 Å². The molecule has 1 unspecified atom stereocenters. The molecular formula is C13H16FO5PS. The summed E-state index contributed by atoms with van der Waals surface area (Å²) in [5.41, 5.74) is 0. The van der Waals surface area contributed by atoms with Gasteiger partial charge in [-0.25, -0.2) is 8.42 Å². The smallest absolute Gasteiger partial charge is 0.305 e. The van der Waals surface area contributed by atoms with E-state index in [1.807, 2.05) is 0 Å². The number of hydrogen-bond acceptors (Lipinski definition) is 5. The van der Waals surface area contributed by atoms with E-state index in [2.05, 4.69) is 0 Å². The molecule has 1 rings (SSSR count). The number of hydrogen-bond donors (Lipinski definition) is 0. The molecule has 0 radical (unpaired) electrons. The first-order valence-corrected chi connectivity index (χ1v) is 9.17. The number of benzene rings is 1. The lowest BCUT2D eigenvalue weighted by Gasteiger charge is -2.27. The SMILES string of the molecule is C#CC(F)(P(=O)(OCC)OCC)S(=O)(=O)c1ccccc1. The van der Waals surface area contributed by atoms with Gasteiger partial charge in [0.25, 0.3) is 0 Å². The van der Waals surface area contributed by atoms with Crippen LogP contribution in [0.25, 0.3) is 0 Å². The van der Waals surface area contributed by atoms with Crippen LogP contribution in [-0.4, -0.2) is 26.4 Å². The van der Waals surface area contributed by atoms with Crippen molar-refractivity contribution < 1.29 is 26.4 Å². The second-order valence-electron chi connectivity index (χ2n) is 3.86. The number of halogens is 1. The molecule has 21 heavy (non-hydrogen) atoms. The molecule has 0 N–H and O–H groups in total. The second kappa shape index (κ2) is 6.71. The summed E-state index contributed by atoms with van der Waals surface area (Å²) in [7, 11) is -9.49. The van der Waals surface area contributed by atoms with E-state index in [1.54, 1.807) is 6.07 Å². The average Bonchev–Trinajstić information content (AvgIpc) is 2.47. The molecule has 0 aliphatic carbocycles. The van der Waals surface area contributed by atoms with Crippen LogP contribution in [0.2, 0.25) is 0 Å². The second-order valence-corrected chi connectivity index (χ2v) is 8.33. The van der Waals surface area contributed by atoms with Crippen LogP contribution >= 0.6 is 7.60 Å². The molecule has 0 aromatic heterocycles. The van der Waals surface area contributed by atoms with Crippen LogP contribution in [-0.2, 0) is 23.4 Å². The Morgan fingerprint density at radius 1 is 1.24 bits per heavy atom. The predicted molar refractivity (Wildman–Crippen MR) is 77.2 cm³/mol. The van der Waals surface area contributed by atoms with Crippen molar-refractivity contribution in [2.75, 3.05) is 13.2 Å². The van der Waals surface area contributed by atoms with Crippen molar-refractivity contribution in [3.05, 3.63) is 30.3 Å². The third-order valence-electron chi connectivity index (χ3n) is 2.54. The molecule has 1 aromatic carbocycles. The van der Waals surface area contributed by atoms with Crippen LogP contribution in [0.3, 0.4) is 0 Å². The van der Waals surface area contributed by atoms with Gasteiger partial charge in [-0.3, -0.25) is 4.57 Å². The van der Waals surface area contributed by atoms with Crippen molar-refractivity contribution in [1.82, 2.24) is 0 Å². The van der Waals surface area contributed by atoms with E-state index in [0.29, 0.717) is 0 Å². The lowest BCUT2D eigenvalue weighted by atomic mass is 10.4. The summed E-state index contributed by atoms with van der Waals surface area (Å²) in [5, 5.41) is 0. The summed E-state index contributed by atoms with van der Waals surface area (Å²) >= 11 is 0. The summed E-state index contributed by atoms with van der Waals surface area (Å²) in [6.07, 6.45) is 5.04. The molecule has 0 heterocycles. The number of alkyl halides is 1. The van der Waals surface area contributed by atoms with Crippen molar-refractivity contribution in [2.45, 2.75) is 23.5 Å². The van der Waals surface area contributed by atoms with Crippen LogP contribution < -0.4 is 0 Å². The van der Waals surface area contributed by atoms with E-state index in [9.17, 15) is 13.0 Å². The van der Waals surface area contributed by atoms with Crippen molar-refractivity contribution in [3.63, 3.8) is 0 Å². The molecule has 5 nitrogen and oxygen atoms in total. The summed E-state index contributed by atoms with van der Waals surface area (Å²) in [4.78, 5) is -0.398. The maximum Gasteiger partial charge on any atom is 0.396 e. The molecule has 0 amide bonds. The first kappa shape index (κ1) is 17.9. The summed E-state index contributed by atoms with van der Waals surface area (Å²) in [6, 6.07) is 6.66. The van der Waals surface area contributed by atoms with Gasteiger partial charge >= 0.3 is 12.3 Å². The Morgan fingerprint density at radius 2 is 1.71 bits per heavy atom. The highest BCUT2D eigenvalue weighted by Crippen LogP contribution is 2.64. The fraction of sp³-hybridized carbons (Fsp3) is 0.385. The van der Waals surface area contributed by atoms with Gasteiger partial charge in [0.05, 0.1) is 18.1 Å². The molecule has 0 bridgehead atoms. The Labute approximate surface area is 123 Å². The third kappa shape index (κ3) is 3.04. The van der Waals surface area contributed by atoms with Crippen LogP contribution in [0.4, 0.5) is 4.39 Å². The largest absolute Gasteiger partial charge is 0.396 e. The van der Waals surface area contributed by atoms with Crippen LogP contribution in [0.1, 0.15) is 13.8 Å². The standard InChI is InChI=1S/C13H16FO5PS/c1-4-13(14,20(15,18-5-2)19-6-3)21(16,17)12-10-8-7-9-11-12/h1,7-11H,5-6H2,2-3H3. The molecule has 1 aromatic rings. The Balaban J connectivity index is 3.52. The maximum atomic E-state index is 15.1. The van der Waals surface area contributed by atoms with Crippen molar-refractivity contribution in [1.29, 1.82) is 0 Å². The normalized spacial score (nSPS) is 15.1. The van der Waals surface area contributed by atoms with Gasteiger partial charge in [-0.2, -0.15) is 4.39 Å².